The molecule has 7 nitrogen and oxygen atoms in total. The molecule has 7 heteroatoms. The Morgan fingerprint density at radius 1 is 1.11 bits per heavy atom. The average Bonchev–Trinajstić information content (AvgIpc) is 3.54. The van der Waals surface area contributed by atoms with Crippen molar-refractivity contribution in [1.29, 1.82) is 5.26 Å². The summed E-state index contributed by atoms with van der Waals surface area (Å²) in [6.07, 6.45) is 6.96. The molecule has 1 atom stereocenters. The number of rotatable bonds is 6. The largest absolute Gasteiger partial charge is 0.446 e. The van der Waals surface area contributed by atoms with Gasteiger partial charge in [-0.05, 0) is 74.8 Å². The summed E-state index contributed by atoms with van der Waals surface area (Å²) in [6.45, 7) is 1.95. The number of amides is 1. The fourth-order valence-electron chi connectivity index (χ4n) is 5.24. The van der Waals surface area contributed by atoms with Crippen LogP contribution in [0.5, 0.6) is 0 Å². The summed E-state index contributed by atoms with van der Waals surface area (Å²) in [5, 5.41) is 18.3. The normalized spacial score (nSPS) is 16.4. The van der Waals surface area contributed by atoms with Gasteiger partial charge in [0.15, 0.2) is 0 Å². The summed E-state index contributed by atoms with van der Waals surface area (Å²) >= 11 is 0. The highest BCUT2D eigenvalue weighted by Crippen LogP contribution is 2.43. The number of nitrogens with one attached hydrogen (secondary N) is 1. The Hall–Kier alpha value is -4.05. The number of aromatic nitrogens is 3. The van der Waals surface area contributed by atoms with Gasteiger partial charge in [0.2, 0.25) is 0 Å². The lowest BCUT2D eigenvalue weighted by molar-refractivity contribution is 0.108. The van der Waals surface area contributed by atoms with E-state index < -0.39 is 6.09 Å². The van der Waals surface area contributed by atoms with Crippen LogP contribution in [-0.4, -0.2) is 26.5 Å². The Kier molecular flexibility index (Phi) is 5.52. The van der Waals surface area contributed by atoms with Crippen molar-refractivity contribution in [2.24, 2.45) is 13.0 Å². The van der Waals surface area contributed by atoms with Crippen molar-refractivity contribution in [2.75, 3.05) is 5.32 Å². The quantitative estimate of drug-likeness (QED) is 0.335. The summed E-state index contributed by atoms with van der Waals surface area (Å²) in [7, 11) is 1.94. The van der Waals surface area contributed by atoms with Gasteiger partial charge in [0.05, 0.1) is 22.5 Å². The van der Waals surface area contributed by atoms with Gasteiger partial charge in [-0.2, -0.15) is 10.4 Å². The maximum Gasteiger partial charge on any atom is 0.411 e. The van der Waals surface area contributed by atoms with E-state index >= 15 is 0 Å². The highest BCUT2D eigenvalue weighted by molar-refractivity contribution is 5.97. The van der Waals surface area contributed by atoms with E-state index in [0.29, 0.717) is 23.2 Å². The molecule has 6 rings (SSSR count). The van der Waals surface area contributed by atoms with Crippen LogP contribution in [0.2, 0.25) is 0 Å². The summed E-state index contributed by atoms with van der Waals surface area (Å²) < 4.78 is 9.71. The first-order chi connectivity index (χ1) is 17.5. The van der Waals surface area contributed by atoms with Crippen molar-refractivity contribution in [2.45, 2.75) is 51.2 Å². The highest BCUT2D eigenvalue weighted by atomic mass is 16.6. The topological polar surface area (TPSA) is 84.9 Å². The molecule has 182 valence electrons. The minimum absolute atomic E-state index is 0.0584. The molecule has 0 unspecified atom stereocenters. The third-order valence-electron chi connectivity index (χ3n) is 7.66. The molecule has 0 spiro atoms. The maximum absolute atomic E-state index is 12.3. The minimum Gasteiger partial charge on any atom is -0.446 e. The van der Waals surface area contributed by atoms with E-state index in [2.05, 4.69) is 39.3 Å². The van der Waals surface area contributed by atoms with Gasteiger partial charge in [-0.3, -0.25) is 10.00 Å². The van der Waals surface area contributed by atoms with Crippen LogP contribution in [0.4, 0.5) is 10.5 Å². The number of fused-ring (bicyclic) bond motifs is 1. The number of ether oxygens (including phenoxy) is 1. The van der Waals surface area contributed by atoms with Gasteiger partial charge in [0.1, 0.15) is 12.2 Å². The van der Waals surface area contributed by atoms with Gasteiger partial charge < -0.3 is 9.30 Å². The van der Waals surface area contributed by atoms with Crippen LogP contribution >= 0.6 is 0 Å². The smallest absolute Gasteiger partial charge is 0.411 e. The molecule has 4 aromatic rings. The summed E-state index contributed by atoms with van der Waals surface area (Å²) in [6, 6.07) is 18.9. The van der Waals surface area contributed by atoms with Crippen LogP contribution in [-0.2, 0) is 11.8 Å². The van der Waals surface area contributed by atoms with Gasteiger partial charge in [-0.1, -0.05) is 24.3 Å². The molecule has 0 radical (unpaired) electrons. The van der Waals surface area contributed by atoms with Crippen LogP contribution < -0.4 is 5.32 Å². The Bertz CT molecular complexity index is 1480. The Morgan fingerprint density at radius 2 is 1.86 bits per heavy atom. The molecule has 1 amide bonds. The lowest BCUT2D eigenvalue weighted by atomic mass is 9.92. The van der Waals surface area contributed by atoms with E-state index in [4.69, 9.17) is 4.74 Å². The molecule has 2 aliphatic rings. The van der Waals surface area contributed by atoms with E-state index in [9.17, 15) is 10.1 Å². The molecular formula is C29H29N5O2. The number of anilines is 1. The lowest BCUT2D eigenvalue weighted by Gasteiger charge is -2.30. The zero-order valence-corrected chi connectivity index (χ0v) is 20.6. The summed E-state index contributed by atoms with van der Waals surface area (Å²) in [4.78, 5) is 12.3. The first-order valence-corrected chi connectivity index (χ1v) is 12.7. The first-order valence-electron chi connectivity index (χ1n) is 12.7. The fraction of sp³-hybridized carbons (Fsp3) is 0.345. The molecule has 36 heavy (non-hydrogen) atoms. The van der Waals surface area contributed by atoms with E-state index in [1.54, 1.807) is 6.20 Å². The summed E-state index contributed by atoms with van der Waals surface area (Å²) in [5.41, 5.74) is 6.45. The standard InChI is InChI=1S/C29H29N5O2/c1-18(19-6-7-19)36-29(35)32-22-11-8-20(9-12-22)28-25(17-30)24-13-10-21(26-14-15-31-33(26)2)16-27(24)34(28)23-4-3-5-23/h8-16,18-19,23H,3-7H2,1-2H3,(H,32,35)/t18-/m1/s1. The van der Waals surface area contributed by atoms with Crippen LogP contribution in [0.3, 0.4) is 0 Å². The van der Waals surface area contributed by atoms with Crippen molar-refractivity contribution in [3.05, 3.63) is 60.3 Å². The van der Waals surface area contributed by atoms with Gasteiger partial charge in [0.25, 0.3) is 0 Å². The third kappa shape index (κ3) is 3.93. The van der Waals surface area contributed by atoms with E-state index in [-0.39, 0.29) is 6.10 Å². The SMILES string of the molecule is C[C@@H](OC(=O)Nc1ccc(-c2c(C#N)c3ccc(-c4ccnn4C)cc3n2C2CCC2)cc1)C1CC1. The van der Waals surface area contributed by atoms with E-state index in [0.717, 1.165) is 59.1 Å². The molecule has 2 fully saturated rings. The highest BCUT2D eigenvalue weighted by Gasteiger charge is 2.31. The third-order valence-corrected chi connectivity index (χ3v) is 7.66. The second kappa shape index (κ2) is 8.87. The van der Waals surface area contributed by atoms with Gasteiger partial charge >= 0.3 is 6.09 Å². The molecular weight excluding hydrogens is 450 g/mol. The molecule has 2 aromatic carbocycles. The zero-order valence-electron chi connectivity index (χ0n) is 20.6. The Labute approximate surface area is 210 Å². The number of nitrogens with zero attached hydrogens (tertiary/aromatic N) is 4. The summed E-state index contributed by atoms with van der Waals surface area (Å²) in [5.74, 6) is 0.495. The molecule has 1 N–H and O–H groups in total. The molecule has 2 aliphatic carbocycles. The molecule has 0 aliphatic heterocycles. The second-order valence-corrected chi connectivity index (χ2v) is 10.0. The van der Waals surface area contributed by atoms with E-state index in [1.165, 1.54) is 6.42 Å². The number of hydrogen-bond donors (Lipinski definition) is 1. The van der Waals surface area contributed by atoms with Crippen LogP contribution in [0.15, 0.2) is 54.7 Å². The number of carbonyl (C=O) groups is 1. The average molecular weight is 480 g/mol. The van der Waals surface area contributed by atoms with Crippen molar-refractivity contribution in [3.63, 3.8) is 0 Å². The number of nitriles is 1. The van der Waals surface area contributed by atoms with Crippen molar-refractivity contribution in [3.8, 4) is 28.6 Å². The maximum atomic E-state index is 12.3. The predicted octanol–water partition coefficient (Wildman–Crippen LogP) is 6.65. The van der Waals surface area contributed by atoms with Crippen LogP contribution in [0, 0.1) is 17.2 Å². The van der Waals surface area contributed by atoms with Crippen molar-refractivity contribution >= 4 is 22.7 Å². The second-order valence-electron chi connectivity index (χ2n) is 10.0. The Morgan fingerprint density at radius 3 is 2.47 bits per heavy atom. The lowest BCUT2D eigenvalue weighted by Crippen LogP contribution is -2.21. The molecule has 2 aromatic heterocycles. The van der Waals surface area contributed by atoms with Gasteiger partial charge in [0, 0.05) is 35.9 Å². The molecule has 0 bridgehead atoms. The monoisotopic (exact) mass is 479 g/mol. The predicted molar refractivity (Wildman–Crippen MR) is 139 cm³/mol. The molecule has 2 saturated carbocycles. The Balaban J connectivity index is 1.38. The van der Waals surface area contributed by atoms with Crippen LogP contribution in [0.1, 0.15) is 50.6 Å². The van der Waals surface area contributed by atoms with Crippen LogP contribution in [0.25, 0.3) is 33.4 Å². The van der Waals surface area contributed by atoms with Gasteiger partial charge in [-0.25, -0.2) is 4.79 Å². The van der Waals surface area contributed by atoms with E-state index in [1.807, 2.05) is 49.0 Å². The number of benzene rings is 2. The molecule has 2 heterocycles. The van der Waals surface area contributed by atoms with Crippen molar-refractivity contribution in [1.82, 2.24) is 14.3 Å². The zero-order chi connectivity index (χ0) is 24.8. The molecule has 0 saturated heterocycles. The first kappa shape index (κ1) is 22.4. The number of aryl methyl sites for hydroxylation is 1. The van der Waals surface area contributed by atoms with Gasteiger partial charge in [-0.15, -0.1) is 0 Å². The number of carbonyl (C=O) groups excluding carboxylic acids is 1. The van der Waals surface area contributed by atoms with Crippen molar-refractivity contribution < 1.29 is 9.53 Å². The fourth-order valence-corrected chi connectivity index (χ4v) is 5.24. The number of hydrogen-bond acceptors (Lipinski definition) is 4. The minimum atomic E-state index is -0.425.